The van der Waals surface area contributed by atoms with Gasteiger partial charge in [-0.2, -0.15) is 5.10 Å². The summed E-state index contributed by atoms with van der Waals surface area (Å²) in [7, 11) is 1.80. The normalized spacial score (nSPS) is 10.9. The molecule has 0 atom stereocenters. The SMILES string of the molecule is CC(C)c1nn(C)c(Oc2ccccc2Cl)c1N. The number of hydrogen-bond acceptors (Lipinski definition) is 3. The molecule has 2 rings (SSSR count). The zero-order valence-electron chi connectivity index (χ0n) is 10.6. The molecule has 0 radical (unpaired) electrons. The van der Waals surface area contributed by atoms with E-state index in [0.29, 0.717) is 22.3 Å². The topological polar surface area (TPSA) is 53.1 Å². The Bertz CT molecular complexity index is 563. The van der Waals surface area contributed by atoms with Crippen molar-refractivity contribution in [2.24, 2.45) is 7.05 Å². The van der Waals surface area contributed by atoms with E-state index in [4.69, 9.17) is 22.1 Å². The van der Waals surface area contributed by atoms with Crippen LogP contribution in [-0.2, 0) is 7.05 Å². The number of benzene rings is 1. The van der Waals surface area contributed by atoms with Gasteiger partial charge in [0.2, 0.25) is 5.88 Å². The quantitative estimate of drug-likeness (QED) is 0.923. The average molecular weight is 266 g/mol. The Kier molecular flexibility index (Phi) is 3.48. The van der Waals surface area contributed by atoms with Gasteiger partial charge in [0.25, 0.3) is 0 Å². The number of aryl methyl sites for hydroxylation is 1. The lowest BCUT2D eigenvalue weighted by molar-refractivity contribution is 0.432. The van der Waals surface area contributed by atoms with Gasteiger partial charge in [-0.25, -0.2) is 4.68 Å². The van der Waals surface area contributed by atoms with E-state index in [0.717, 1.165) is 5.69 Å². The fourth-order valence-corrected chi connectivity index (χ4v) is 1.90. The van der Waals surface area contributed by atoms with Crippen molar-refractivity contribution in [3.05, 3.63) is 35.0 Å². The maximum atomic E-state index is 6.05. The minimum absolute atomic E-state index is 0.250. The van der Waals surface area contributed by atoms with Gasteiger partial charge >= 0.3 is 0 Å². The Labute approximate surface area is 111 Å². The Morgan fingerprint density at radius 3 is 2.56 bits per heavy atom. The van der Waals surface area contributed by atoms with Crippen LogP contribution in [0.1, 0.15) is 25.5 Å². The van der Waals surface area contributed by atoms with Crippen LogP contribution in [-0.4, -0.2) is 9.78 Å². The maximum Gasteiger partial charge on any atom is 0.241 e. The first-order valence-corrected chi connectivity index (χ1v) is 6.13. The molecule has 1 aromatic heterocycles. The van der Waals surface area contributed by atoms with Crippen LogP contribution >= 0.6 is 11.6 Å². The average Bonchev–Trinajstić information content (AvgIpc) is 2.60. The van der Waals surface area contributed by atoms with Crippen LogP contribution in [0.25, 0.3) is 0 Å². The molecule has 1 heterocycles. The standard InChI is InChI=1S/C13H16ClN3O/c1-8(2)12-11(15)13(17(3)16-12)18-10-7-5-4-6-9(10)14/h4-8H,15H2,1-3H3. The fraction of sp³-hybridized carbons (Fsp3) is 0.308. The Balaban J connectivity index is 2.38. The van der Waals surface area contributed by atoms with Gasteiger partial charge in [0.05, 0.1) is 10.7 Å². The lowest BCUT2D eigenvalue weighted by atomic mass is 10.1. The molecule has 5 heteroatoms. The number of nitrogen functional groups attached to an aromatic ring is 1. The van der Waals surface area contributed by atoms with Gasteiger partial charge in [-0.05, 0) is 18.1 Å². The van der Waals surface area contributed by atoms with E-state index < -0.39 is 0 Å². The highest BCUT2D eigenvalue weighted by molar-refractivity contribution is 6.32. The summed E-state index contributed by atoms with van der Waals surface area (Å²) in [4.78, 5) is 0. The van der Waals surface area contributed by atoms with Crippen LogP contribution in [0.3, 0.4) is 0 Å². The number of para-hydroxylation sites is 1. The molecular weight excluding hydrogens is 250 g/mol. The van der Waals surface area contributed by atoms with Crippen LogP contribution in [0.2, 0.25) is 5.02 Å². The molecule has 0 bridgehead atoms. The van der Waals surface area contributed by atoms with Crippen molar-refractivity contribution < 1.29 is 4.74 Å². The Morgan fingerprint density at radius 2 is 2.00 bits per heavy atom. The van der Waals surface area contributed by atoms with Crippen molar-refractivity contribution >= 4 is 17.3 Å². The third-order valence-electron chi connectivity index (χ3n) is 2.65. The third-order valence-corrected chi connectivity index (χ3v) is 2.96. The van der Waals surface area contributed by atoms with E-state index in [-0.39, 0.29) is 5.92 Å². The van der Waals surface area contributed by atoms with Crippen molar-refractivity contribution in [1.82, 2.24) is 9.78 Å². The molecule has 0 saturated carbocycles. The van der Waals surface area contributed by atoms with Crippen LogP contribution in [0, 0.1) is 0 Å². The first kappa shape index (κ1) is 12.8. The van der Waals surface area contributed by atoms with Crippen molar-refractivity contribution in [1.29, 1.82) is 0 Å². The summed E-state index contributed by atoms with van der Waals surface area (Å²) in [5.74, 6) is 1.34. The monoisotopic (exact) mass is 265 g/mol. The van der Waals surface area contributed by atoms with Crippen LogP contribution in [0.5, 0.6) is 11.6 Å². The van der Waals surface area contributed by atoms with E-state index >= 15 is 0 Å². The molecule has 2 aromatic rings. The molecule has 18 heavy (non-hydrogen) atoms. The summed E-state index contributed by atoms with van der Waals surface area (Å²) in [6.07, 6.45) is 0. The molecule has 0 fully saturated rings. The summed E-state index contributed by atoms with van der Waals surface area (Å²) in [6, 6.07) is 7.27. The van der Waals surface area contributed by atoms with Crippen molar-refractivity contribution in [2.45, 2.75) is 19.8 Å². The van der Waals surface area contributed by atoms with Crippen LogP contribution in [0.4, 0.5) is 5.69 Å². The minimum atomic E-state index is 0.250. The number of nitrogens with zero attached hydrogens (tertiary/aromatic N) is 2. The van der Waals surface area contributed by atoms with Gasteiger partial charge in [-0.15, -0.1) is 0 Å². The summed E-state index contributed by atoms with van der Waals surface area (Å²) in [5.41, 5.74) is 7.45. The second-order valence-corrected chi connectivity index (χ2v) is 4.82. The molecule has 4 nitrogen and oxygen atoms in total. The first-order chi connectivity index (χ1) is 8.50. The van der Waals surface area contributed by atoms with Gasteiger partial charge in [0.1, 0.15) is 11.4 Å². The van der Waals surface area contributed by atoms with Gasteiger partial charge < -0.3 is 10.5 Å². The second kappa shape index (κ2) is 4.90. The predicted octanol–water partition coefficient (Wildman–Crippen LogP) is 3.57. The molecule has 0 spiro atoms. The third kappa shape index (κ3) is 2.29. The van der Waals surface area contributed by atoms with E-state index in [2.05, 4.69) is 5.10 Å². The molecular formula is C13H16ClN3O. The maximum absolute atomic E-state index is 6.05. The molecule has 0 amide bonds. The highest BCUT2D eigenvalue weighted by Crippen LogP contribution is 2.35. The van der Waals surface area contributed by atoms with E-state index in [1.54, 1.807) is 23.9 Å². The first-order valence-electron chi connectivity index (χ1n) is 5.75. The second-order valence-electron chi connectivity index (χ2n) is 4.41. The molecule has 0 aliphatic rings. The molecule has 96 valence electrons. The van der Waals surface area contributed by atoms with E-state index in [9.17, 15) is 0 Å². The van der Waals surface area contributed by atoms with Gasteiger partial charge in [-0.3, -0.25) is 0 Å². The lowest BCUT2D eigenvalue weighted by Crippen LogP contribution is -1.97. The number of anilines is 1. The lowest BCUT2D eigenvalue weighted by Gasteiger charge is -2.08. The van der Waals surface area contributed by atoms with Gasteiger partial charge in [0, 0.05) is 7.05 Å². The Morgan fingerprint density at radius 1 is 1.33 bits per heavy atom. The smallest absolute Gasteiger partial charge is 0.241 e. The predicted molar refractivity (Wildman–Crippen MR) is 73.2 cm³/mol. The number of nitrogens with two attached hydrogens (primary N) is 1. The zero-order chi connectivity index (χ0) is 13.3. The largest absolute Gasteiger partial charge is 0.436 e. The Hall–Kier alpha value is -1.68. The number of aromatic nitrogens is 2. The van der Waals surface area contributed by atoms with Crippen molar-refractivity contribution in [3.8, 4) is 11.6 Å². The number of hydrogen-bond donors (Lipinski definition) is 1. The number of halogens is 1. The fourth-order valence-electron chi connectivity index (χ4n) is 1.72. The molecule has 0 aliphatic heterocycles. The molecule has 0 saturated heterocycles. The zero-order valence-corrected chi connectivity index (χ0v) is 11.4. The van der Waals surface area contributed by atoms with Crippen molar-refractivity contribution in [2.75, 3.05) is 5.73 Å². The molecule has 0 unspecified atom stereocenters. The van der Waals surface area contributed by atoms with E-state index in [1.807, 2.05) is 26.0 Å². The highest BCUT2D eigenvalue weighted by atomic mass is 35.5. The van der Waals surface area contributed by atoms with Gasteiger partial charge in [0.15, 0.2) is 0 Å². The highest BCUT2D eigenvalue weighted by Gasteiger charge is 2.18. The summed E-state index contributed by atoms with van der Waals surface area (Å²) >= 11 is 6.05. The van der Waals surface area contributed by atoms with Crippen LogP contribution < -0.4 is 10.5 Å². The summed E-state index contributed by atoms with van der Waals surface area (Å²) in [5, 5.41) is 4.90. The van der Waals surface area contributed by atoms with E-state index in [1.165, 1.54) is 0 Å². The van der Waals surface area contributed by atoms with Gasteiger partial charge in [-0.1, -0.05) is 37.6 Å². The molecule has 0 aliphatic carbocycles. The van der Waals surface area contributed by atoms with Crippen molar-refractivity contribution in [3.63, 3.8) is 0 Å². The number of ether oxygens (including phenoxy) is 1. The summed E-state index contributed by atoms with van der Waals surface area (Å²) < 4.78 is 7.38. The van der Waals surface area contributed by atoms with Crippen LogP contribution in [0.15, 0.2) is 24.3 Å². The number of rotatable bonds is 3. The molecule has 2 N–H and O–H groups in total. The summed E-state index contributed by atoms with van der Waals surface area (Å²) in [6.45, 7) is 4.08. The minimum Gasteiger partial charge on any atom is -0.436 e. The molecule has 1 aromatic carbocycles.